The average Bonchev–Trinajstić information content (AvgIpc) is 3.46. The summed E-state index contributed by atoms with van der Waals surface area (Å²) < 4.78 is 2.02. The molecule has 1 heterocycles. The van der Waals surface area contributed by atoms with E-state index < -0.39 is 0 Å². The van der Waals surface area contributed by atoms with Crippen molar-refractivity contribution < 1.29 is 0 Å². The van der Waals surface area contributed by atoms with E-state index in [0.717, 1.165) is 34.1 Å². The molecule has 5 heteroatoms. The van der Waals surface area contributed by atoms with Gasteiger partial charge in [0.25, 0.3) is 0 Å². The van der Waals surface area contributed by atoms with Crippen LogP contribution in [-0.2, 0) is 5.54 Å². The van der Waals surface area contributed by atoms with Crippen LogP contribution in [0.3, 0.4) is 0 Å². The van der Waals surface area contributed by atoms with Crippen molar-refractivity contribution in [3.05, 3.63) is 127 Å². The summed E-state index contributed by atoms with van der Waals surface area (Å²) >= 11 is 0. The van der Waals surface area contributed by atoms with E-state index in [1.54, 1.807) is 6.20 Å². The van der Waals surface area contributed by atoms with Crippen molar-refractivity contribution in [3.8, 4) is 5.69 Å². The van der Waals surface area contributed by atoms with Gasteiger partial charge < -0.3 is 20.1 Å². The van der Waals surface area contributed by atoms with Crippen LogP contribution < -0.4 is 15.5 Å². The fraction of sp³-hybridized carbons (Fsp3) is 0.129. The van der Waals surface area contributed by atoms with Crippen molar-refractivity contribution in [3.63, 3.8) is 0 Å². The quantitative estimate of drug-likeness (QED) is 0.244. The number of hydrogen-bond acceptors (Lipinski definition) is 4. The molecule has 0 aliphatic carbocycles. The van der Waals surface area contributed by atoms with Crippen molar-refractivity contribution >= 4 is 28.4 Å². The molecule has 0 unspecified atom stereocenters. The molecule has 5 nitrogen and oxygen atoms in total. The Bertz CT molecular complexity index is 1420. The first-order chi connectivity index (χ1) is 17.5. The van der Waals surface area contributed by atoms with Crippen molar-refractivity contribution in [2.75, 3.05) is 17.3 Å². The zero-order valence-corrected chi connectivity index (χ0v) is 20.9. The smallest absolute Gasteiger partial charge is 0.0991 e. The number of aromatic nitrogens is 2. The predicted octanol–water partition coefficient (Wildman–Crippen LogP) is 7.54. The Hall–Kier alpha value is -4.35. The summed E-state index contributed by atoms with van der Waals surface area (Å²) in [6.45, 7) is 4.38. The van der Waals surface area contributed by atoms with Gasteiger partial charge in [-0.25, -0.2) is 4.98 Å². The number of rotatable bonds is 8. The van der Waals surface area contributed by atoms with Gasteiger partial charge in [0.15, 0.2) is 0 Å². The van der Waals surface area contributed by atoms with Gasteiger partial charge >= 0.3 is 0 Å². The van der Waals surface area contributed by atoms with Crippen LogP contribution in [-0.4, -0.2) is 16.6 Å². The first-order valence-electron chi connectivity index (χ1n) is 12.1. The maximum Gasteiger partial charge on any atom is 0.0991 e. The second kappa shape index (κ2) is 10.1. The Morgan fingerprint density at radius 3 is 2.19 bits per heavy atom. The van der Waals surface area contributed by atoms with Gasteiger partial charge in [0, 0.05) is 52.1 Å². The SMILES string of the molecule is CNC(C)(C)c1ccccc1Nc1cccc(N(c2ccccc2)c2cccc(-n3ccnc3)c2)c1. The largest absolute Gasteiger partial charge is 0.355 e. The average molecular weight is 474 g/mol. The lowest BCUT2D eigenvalue weighted by Gasteiger charge is -2.28. The van der Waals surface area contributed by atoms with E-state index in [-0.39, 0.29) is 5.54 Å². The summed E-state index contributed by atoms with van der Waals surface area (Å²) in [5.74, 6) is 0. The van der Waals surface area contributed by atoms with Crippen molar-refractivity contribution in [1.29, 1.82) is 0 Å². The molecular weight excluding hydrogens is 442 g/mol. The summed E-state index contributed by atoms with van der Waals surface area (Å²) in [4.78, 5) is 6.48. The lowest BCUT2D eigenvalue weighted by molar-refractivity contribution is 0.446. The topological polar surface area (TPSA) is 45.1 Å². The molecule has 0 fully saturated rings. The molecule has 0 saturated carbocycles. The second-order valence-electron chi connectivity index (χ2n) is 9.26. The molecule has 180 valence electrons. The molecule has 0 atom stereocenters. The minimum Gasteiger partial charge on any atom is -0.355 e. The summed E-state index contributed by atoms with van der Waals surface area (Å²) in [5, 5.41) is 7.08. The van der Waals surface area contributed by atoms with Gasteiger partial charge in [-0.3, -0.25) is 0 Å². The van der Waals surface area contributed by atoms with Crippen molar-refractivity contribution in [2.24, 2.45) is 0 Å². The van der Waals surface area contributed by atoms with Crippen LogP contribution in [0, 0.1) is 0 Å². The summed E-state index contributed by atoms with van der Waals surface area (Å²) in [5.41, 5.74) is 7.45. The highest BCUT2D eigenvalue weighted by molar-refractivity contribution is 5.80. The summed E-state index contributed by atoms with van der Waals surface area (Å²) in [7, 11) is 1.99. The maximum absolute atomic E-state index is 4.21. The van der Waals surface area contributed by atoms with Crippen LogP contribution in [0.25, 0.3) is 5.69 Å². The van der Waals surface area contributed by atoms with Gasteiger partial charge in [-0.15, -0.1) is 0 Å². The van der Waals surface area contributed by atoms with Crippen LogP contribution >= 0.6 is 0 Å². The van der Waals surface area contributed by atoms with Crippen LogP contribution in [0.1, 0.15) is 19.4 Å². The highest BCUT2D eigenvalue weighted by atomic mass is 15.1. The minimum atomic E-state index is -0.162. The molecule has 1 aromatic heterocycles. The number of nitrogens with one attached hydrogen (secondary N) is 2. The highest BCUT2D eigenvalue weighted by Gasteiger charge is 2.21. The van der Waals surface area contributed by atoms with Crippen LogP contribution in [0.2, 0.25) is 0 Å². The van der Waals surface area contributed by atoms with E-state index in [2.05, 4.69) is 131 Å². The summed E-state index contributed by atoms with van der Waals surface area (Å²) in [6.07, 6.45) is 5.57. The predicted molar refractivity (Wildman–Crippen MR) is 150 cm³/mol. The van der Waals surface area contributed by atoms with Crippen molar-refractivity contribution in [1.82, 2.24) is 14.9 Å². The van der Waals surface area contributed by atoms with E-state index in [4.69, 9.17) is 0 Å². The molecule has 0 bridgehead atoms. The van der Waals surface area contributed by atoms with Gasteiger partial charge in [-0.05, 0) is 81.1 Å². The maximum atomic E-state index is 4.21. The molecule has 0 aliphatic rings. The van der Waals surface area contributed by atoms with Gasteiger partial charge in [0.2, 0.25) is 0 Å². The Morgan fingerprint density at radius 1 is 0.750 bits per heavy atom. The number of hydrogen-bond donors (Lipinski definition) is 2. The lowest BCUT2D eigenvalue weighted by Crippen LogP contribution is -2.33. The molecule has 36 heavy (non-hydrogen) atoms. The van der Waals surface area contributed by atoms with Gasteiger partial charge in [0.1, 0.15) is 0 Å². The molecule has 5 aromatic rings. The third kappa shape index (κ3) is 4.88. The fourth-order valence-corrected chi connectivity index (χ4v) is 4.38. The second-order valence-corrected chi connectivity index (χ2v) is 9.26. The Labute approximate surface area is 213 Å². The number of benzene rings is 4. The molecule has 5 rings (SSSR count). The molecule has 0 radical (unpaired) electrons. The number of para-hydroxylation sites is 2. The van der Waals surface area contributed by atoms with E-state index in [9.17, 15) is 0 Å². The molecule has 2 N–H and O–H groups in total. The Balaban J connectivity index is 1.55. The zero-order valence-electron chi connectivity index (χ0n) is 20.9. The molecule has 0 saturated heterocycles. The van der Waals surface area contributed by atoms with Crippen molar-refractivity contribution in [2.45, 2.75) is 19.4 Å². The van der Waals surface area contributed by atoms with E-state index in [1.807, 2.05) is 30.2 Å². The zero-order chi connectivity index (χ0) is 25.0. The number of nitrogens with zero attached hydrogens (tertiary/aromatic N) is 3. The molecule has 0 spiro atoms. The molecule has 0 amide bonds. The normalized spacial score (nSPS) is 11.3. The number of imidazole rings is 1. The first kappa shape index (κ1) is 23.4. The Morgan fingerprint density at radius 2 is 1.44 bits per heavy atom. The minimum absolute atomic E-state index is 0.162. The molecule has 4 aromatic carbocycles. The van der Waals surface area contributed by atoms with Gasteiger partial charge in [0.05, 0.1) is 6.33 Å². The van der Waals surface area contributed by atoms with Crippen LogP contribution in [0.5, 0.6) is 0 Å². The Kier molecular flexibility index (Phi) is 6.56. The van der Waals surface area contributed by atoms with Gasteiger partial charge in [-0.1, -0.05) is 48.5 Å². The highest BCUT2D eigenvalue weighted by Crippen LogP contribution is 2.37. The monoisotopic (exact) mass is 473 g/mol. The van der Waals surface area contributed by atoms with Crippen LogP contribution in [0.4, 0.5) is 28.4 Å². The number of anilines is 5. The van der Waals surface area contributed by atoms with Gasteiger partial charge in [-0.2, -0.15) is 0 Å². The third-order valence-corrected chi connectivity index (χ3v) is 6.51. The molecule has 0 aliphatic heterocycles. The first-order valence-corrected chi connectivity index (χ1v) is 12.1. The van der Waals surface area contributed by atoms with E-state index in [1.165, 1.54) is 5.56 Å². The van der Waals surface area contributed by atoms with E-state index in [0.29, 0.717) is 0 Å². The fourth-order valence-electron chi connectivity index (χ4n) is 4.38. The standard InChI is InChI=1S/C31H31N5/c1-31(2,32-3)29-17-7-8-18-30(29)34-24-11-9-15-27(21-24)36(25-12-5-4-6-13-25)28-16-10-14-26(22-28)35-20-19-33-23-35/h4-23,32,34H,1-3H3. The van der Waals surface area contributed by atoms with E-state index >= 15 is 0 Å². The summed E-state index contributed by atoms with van der Waals surface area (Å²) in [6, 6.07) is 35.9. The third-order valence-electron chi connectivity index (χ3n) is 6.51. The van der Waals surface area contributed by atoms with Crippen LogP contribution in [0.15, 0.2) is 122 Å². The lowest BCUT2D eigenvalue weighted by atomic mass is 9.92. The molecular formula is C31H31N5.